The van der Waals surface area contributed by atoms with Crippen LogP contribution in [0.5, 0.6) is 0 Å². The summed E-state index contributed by atoms with van der Waals surface area (Å²) in [6.45, 7) is 5.99. The second-order valence-corrected chi connectivity index (χ2v) is 4.65. The van der Waals surface area contributed by atoms with Crippen molar-refractivity contribution in [2.75, 3.05) is 0 Å². The third kappa shape index (κ3) is 1.49. The third-order valence-electron chi connectivity index (χ3n) is 3.09. The van der Waals surface area contributed by atoms with E-state index in [0.29, 0.717) is 12.0 Å². The minimum atomic E-state index is -0.492. The van der Waals surface area contributed by atoms with Crippen LogP contribution < -0.4 is 10.6 Å². The number of hydrogen-bond acceptors (Lipinski definition) is 2. The van der Waals surface area contributed by atoms with Gasteiger partial charge < -0.3 is 5.32 Å². The zero-order valence-corrected chi connectivity index (χ0v) is 8.92. The summed E-state index contributed by atoms with van der Waals surface area (Å²) in [6.07, 6.45) is 2.30. The van der Waals surface area contributed by atoms with E-state index in [2.05, 4.69) is 15.6 Å². The molecule has 4 nitrogen and oxygen atoms in total. The normalized spacial score (nSPS) is 34.9. The molecule has 1 heterocycles. The molecule has 0 aromatic rings. The highest BCUT2D eigenvalue weighted by molar-refractivity contribution is 6.09. The van der Waals surface area contributed by atoms with Crippen molar-refractivity contribution in [3.05, 3.63) is 0 Å². The number of nitrogens with zero attached hydrogens (tertiary/aromatic N) is 1. The van der Waals surface area contributed by atoms with Crippen molar-refractivity contribution >= 4 is 11.9 Å². The lowest BCUT2D eigenvalue weighted by atomic mass is 9.89. The van der Waals surface area contributed by atoms with Gasteiger partial charge in [-0.1, -0.05) is 13.8 Å². The van der Waals surface area contributed by atoms with E-state index in [1.54, 1.807) is 0 Å². The lowest BCUT2D eigenvalue weighted by Crippen LogP contribution is -2.48. The molecule has 14 heavy (non-hydrogen) atoms. The molecule has 1 aliphatic carbocycles. The smallest absolute Gasteiger partial charge is 0.252 e. The topological polar surface area (TPSA) is 53.5 Å². The van der Waals surface area contributed by atoms with E-state index in [0.717, 1.165) is 12.8 Å². The Kier molecular flexibility index (Phi) is 2.01. The largest absolute Gasteiger partial charge is 0.342 e. The Bertz CT molecular complexity index is 294. The number of carbonyl (C=O) groups excluding carboxylic acids is 1. The summed E-state index contributed by atoms with van der Waals surface area (Å²) in [5.74, 6) is 0.954. The molecule has 0 radical (unpaired) electrons. The van der Waals surface area contributed by atoms with Gasteiger partial charge in [0.05, 0.1) is 6.04 Å². The van der Waals surface area contributed by atoms with E-state index in [1.165, 1.54) is 0 Å². The molecule has 0 aromatic carbocycles. The molecule has 1 saturated carbocycles. The van der Waals surface area contributed by atoms with Crippen molar-refractivity contribution in [1.82, 2.24) is 10.6 Å². The molecule has 78 valence electrons. The molecule has 4 heteroatoms. The Morgan fingerprint density at radius 3 is 2.57 bits per heavy atom. The van der Waals surface area contributed by atoms with Crippen LogP contribution in [0, 0.1) is 5.92 Å². The Balaban J connectivity index is 2.13. The number of carbonyl (C=O) groups is 1. The Hall–Kier alpha value is -1.06. The number of nitrogens with one attached hydrogen (secondary N) is 2. The molecule has 1 aliphatic heterocycles. The fourth-order valence-electron chi connectivity index (χ4n) is 1.43. The lowest BCUT2D eigenvalue weighted by molar-refractivity contribution is -0.124. The van der Waals surface area contributed by atoms with Gasteiger partial charge in [0.2, 0.25) is 0 Å². The number of aliphatic imine (C=N–C) groups is 1. The van der Waals surface area contributed by atoms with E-state index in [-0.39, 0.29) is 11.8 Å². The van der Waals surface area contributed by atoms with Gasteiger partial charge in [-0.2, -0.15) is 0 Å². The zero-order valence-electron chi connectivity index (χ0n) is 8.92. The summed E-state index contributed by atoms with van der Waals surface area (Å²) in [5, 5.41) is 5.97. The van der Waals surface area contributed by atoms with Gasteiger partial charge in [0.1, 0.15) is 5.54 Å². The molecule has 1 amide bonds. The lowest BCUT2D eigenvalue weighted by Gasteiger charge is -2.25. The van der Waals surface area contributed by atoms with Gasteiger partial charge in [-0.15, -0.1) is 0 Å². The molecule has 1 atom stereocenters. The summed E-state index contributed by atoms with van der Waals surface area (Å²) in [4.78, 5) is 16.1. The van der Waals surface area contributed by atoms with E-state index in [4.69, 9.17) is 0 Å². The maximum atomic E-state index is 11.7. The van der Waals surface area contributed by atoms with Gasteiger partial charge in [0.15, 0.2) is 5.96 Å². The van der Waals surface area contributed by atoms with Crippen molar-refractivity contribution in [3.63, 3.8) is 0 Å². The van der Waals surface area contributed by atoms with E-state index in [1.807, 2.05) is 20.8 Å². The quantitative estimate of drug-likeness (QED) is 0.679. The monoisotopic (exact) mass is 195 g/mol. The Labute approximate surface area is 84.2 Å². The molecular weight excluding hydrogens is 178 g/mol. The maximum absolute atomic E-state index is 11.7. The minimum absolute atomic E-state index is 0.0342. The fourth-order valence-corrected chi connectivity index (χ4v) is 1.43. The summed E-state index contributed by atoms with van der Waals surface area (Å²) in [7, 11) is 0. The van der Waals surface area contributed by atoms with Crippen LogP contribution in [0.2, 0.25) is 0 Å². The van der Waals surface area contributed by atoms with Crippen LogP contribution in [0.1, 0.15) is 33.6 Å². The van der Waals surface area contributed by atoms with Gasteiger partial charge in [0.25, 0.3) is 5.91 Å². The molecule has 1 saturated heterocycles. The molecular formula is C10H17N3O. The molecule has 0 aromatic heterocycles. The summed E-state index contributed by atoms with van der Waals surface area (Å²) >= 11 is 0. The van der Waals surface area contributed by atoms with Crippen LogP contribution in [0.4, 0.5) is 0 Å². The standard InChI is InChI=1S/C10H17N3O/c1-6(2)10(3)8(14)12-9(13-10)11-7-4-5-7/h6-7H,4-5H2,1-3H3,(H2,11,12,13,14). The van der Waals surface area contributed by atoms with Crippen LogP contribution >= 0.6 is 0 Å². The molecule has 2 aliphatic rings. The van der Waals surface area contributed by atoms with Crippen LogP contribution in [-0.4, -0.2) is 23.4 Å². The van der Waals surface area contributed by atoms with E-state index >= 15 is 0 Å². The molecule has 0 spiro atoms. The second-order valence-electron chi connectivity index (χ2n) is 4.65. The fraction of sp³-hybridized carbons (Fsp3) is 0.800. The first-order chi connectivity index (χ1) is 6.52. The van der Waals surface area contributed by atoms with Crippen molar-refractivity contribution in [2.45, 2.75) is 45.2 Å². The van der Waals surface area contributed by atoms with Crippen molar-refractivity contribution < 1.29 is 4.79 Å². The summed E-state index contributed by atoms with van der Waals surface area (Å²) < 4.78 is 0. The predicted octanol–water partition coefficient (Wildman–Crippen LogP) is 0.639. The van der Waals surface area contributed by atoms with Crippen molar-refractivity contribution in [2.24, 2.45) is 10.9 Å². The average molecular weight is 195 g/mol. The second kappa shape index (κ2) is 2.97. The van der Waals surface area contributed by atoms with Gasteiger partial charge in [0, 0.05) is 0 Å². The summed E-state index contributed by atoms with van der Waals surface area (Å²) in [5.41, 5.74) is -0.492. The van der Waals surface area contributed by atoms with Gasteiger partial charge >= 0.3 is 0 Å². The van der Waals surface area contributed by atoms with Crippen LogP contribution in [0.3, 0.4) is 0 Å². The van der Waals surface area contributed by atoms with E-state index in [9.17, 15) is 4.79 Å². The van der Waals surface area contributed by atoms with Crippen molar-refractivity contribution in [1.29, 1.82) is 0 Å². The molecule has 2 rings (SSSR count). The first-order valence-electron chi connectivity index (χ1n) is 5.20. The SMILES string of the molecule is CC(C)C1(C)NC(=NC2CC2)NC1=O. The summed E-state index contributed by atoms with van der Waals surface area (Å²) in [6, 6.07) is 0.437. The molecule has 0 bridgehead atoms. The van der Waals surface area contributed by atoms with E-state index < -0.39 is 5.54 Å². The first kappa shape index (κ1) is 9.49. The van der Waals surface area contributed by atoms with Crippen LogP contribution in [-0.2, 0) is 4.79 Å². The molecule has 2 N–H and O–H groups in total. The van der Waals surface area contributed by atoms with Crippen molar-refractivity contribution in [3.8, 4) is 0 Å². The van der Waals surface area contributed by atoms with Gasteiger partial charge in [-0.05, 0) is 25.7 Å². The highest BCUT2D eigenvalue weighted by Gasteiger charge is 2.43. The minimum Gasteiger partial charge on any atom is -0.342 e. The van der Waals surface area contributed by atoms with Gasteiger partial charge in [-0.3, -0.25) is 10.1 Å². The Morgan fingerprint density at radius 1 is 1.50 bits per heavy atom. The van der Waals surface area contributed by atoms with Crippen LogP contribution in [0.25, 0.3) is 0 Å². The third-order valence-corrected chi connectivity index (χ3v) is 3.09. The number of guanidine groups is 1. The first-order valence-corrected chi connectivity index (χ1v) is 5.20. The number of amides is 1. The predicted molar refractivity (Wildman–Crippen MR) is 55.0 cm³/mol. The Morgan fingerprint density at radius 2 is 2.14 bits per heavy atom. The maximum Gasteiger partial charge on any atom is 0.252 e. The highest BCUT2D eigenvalue weighted by Crippen LogP contribution is 2.25. The highest BCUT2D eigenvalue weighted by atomic mass is 16.2. The zero-order chi connectivity index (χ0) is 10.3. The number of hydrogen-bond donors (Lipinski definition) is 2. The number of rotatable bonds is 2. The average Bonchev–Trinajstić information content (AvgIpc) is 2.82. The molecule has 1 unspecified atom stereocenters. The van der Waals surface area contributed by atoms with Gasteiger partial charge in [-0.25, -0.2) is 4.99 Å². The molecule has 2 fully saturated rings. The van der Waals surface area contributed by atoms with Crippen LogP contribution in [0.15, 0.2) is 4.99 Å².